The van der Waals surface area contributed by atoms with Crippen LogP contribution in [0.5, 0.6) is 0 Å². The molecule has 6 nitrogen and oxygen atoms in total. The summed E-state index contributed by atoms with van der Waals surface area (Å²) in [6.07, 6.45) is 9.29. The van der Waals surface area contributed by atoms with Crippen molar-refractivity contribution in [1.29, 1.82) is 0 Å². The first-order chi connectivity index (χ1) is 10.9. The predicted octanol–water partition coefficient (Wildman–Crippen LogP) is 1.35. The Balaban J connectivity index is 1.42. The summed E-state index contributed by atoms with van der Waals surface area (Å²) in [5, 5.41) is 0. The molecular formula is C16H19N5O. The average molecular weight is 297 g/mol. The van der Waals surface area contributed by atoms with Crippen molar-refractivity contribution in [2.24, 2.45) is 11.8 Å². The van der Waals surface area contributed by atoms with E-state index in [1.165, 1.54) is 0 Å². The molecule has 2 aromatic heterocycles. The van der Waals surface area contributed by atoms with Gasteiger partial charge in [0.25, 0.3) is 0 Å². The normalized spacial score (nSPS) is 27.6. The molecular weight excluding hydrogens is 278 g/mol. The maximum Gasteiger partial charge on any atom is 0.225 e. The van der Waals surface area contributed by atoms with Crippen molar-refractivity contribution < 1.29 is 4.74 Å². The third-order valence-electron chi connectivity index (χ3n) is 4.68. The number of piperidine rings is 1. The van der Waals surface area contributed by atoms with Gasteiger partial charge in [0.15, 0.2) is 0 Å². The van der Waals surface area contributed by atoms with Crippen LogP contribution >= 0.6 is 0 Å². The highest BCUT2D eigenvalue weighted by Gasteiger charge is 2.41. The van der Waals surface area contributed by atoms with Crippen LogP contribution in [0.4, 0.5) is 5.95 Å². The van der Waals surface area contributed by atoms with Crippen LogP contribution in [0.3, 0.4) is 0 Å². The minimum absolute atomic E-state index is 0.277. The van der Waals surface area contributed by atoms with Crippen LogP contribution in [0, 0.1) is 11.8 Å². The monoisotopic (exact) mass is 297 g/mol. The molecule has 2 saturated heterocycles. The fourth-order valence-electron chi connectivity index (χ4n) is 3.58. The molecule has 0 saturated carbocycles. The largest absolute Gasteiger partial charge is 0.377 e. The van der Waals surface area contributed by atoms with E-state index in [9.17, 15) is 0 Å². The van der Waals surface area contributed by atoms with Gasteiger partial charge in [0.1, 0.15) is 6.33 Å². The molecule has 4 rings (SSSR count). The van der Waals surface area contributed by atoms with Crippen LogP contribution in [-0.4, -0.2) is 45.7 Å². The topological polar surface area (TPSA) is 64.0 Å². The Morgan fingerprint density at radius 3 is 2.91 bits per heavy atom. The number of hydrogen-bond donors (Lipinski definition) is 0. The second kappa shape index (κ2) is 5.96. The maximum absolute atomic E-state index is 6.06. The van der Waals surface area contributed by atoms with Gasteiger partial charge in [0.05, 0.1) is 12.7 Å². The molecule has 4 heterocycles. The van der Waals surface area contributed by atoms with Crippen molar-refractivity contribution >= 4 is 5.95 Å². The highest BCUT2D eigenvalue weighted by Crippen LogP contribution is 2.36. The van der Waals surface area contributed by atoms with E-state index in [-0.39, 0.29) is 6.10 Å². The van der Waals surface area contributed by atoms with E-state index in [0.717, 1.165) is 44.2 Å². The first kappa shape index (κ1) is 13.6. The lowest BCUT2D eigenvalue weighted by Crippen LogP contribution is -2.42. The minimum Gasteiger partial charge on any atom is -0.377 e. The van der Waals surface area contributed by atoms with E-state index in [1.807, 2.05) is 12.1 Å². The fourth-order valence-corrected chi connectivity index (χ4v) is 3.58. The summed E-state index contributed by atoms with van der Waals surface area (Å²) < 4.78 is 6.06. The van der Waals surface area contributed by atoms with Gasteiger partial charge in [-0.05, 0) is 24.5 Å². The third-order valence-corrected chi connectivity index (χ3v) is 4.68. The Bertz CT molecular complexity index is 608. The van der Waals surface area contributed by atoms with Crippen LogP contribution in [0.1, 0.15) is 12.1 Å². The van der Waals surface area contributed by atoms with E-state index in [4.69, 9.17) is 4.74 Å². The van der Waals surface area contributed by atoms with Crippen LogP contribution in [0.25, 0.3) is 0 Å². The van der Waals surface area contributed by atoms with Crippen molar-refractivity contribution in [2.45, 2.75) is 18.9 Å². The molecule has 2 fully saturated rings. The van der Waals surface area contributed by atoms with E-state index in [1.54, 1.807) is 24.9 Å². The standard InChI is InChI=1S/C16H19N5O/c1-4-18-16(19-5-1)21-7-3-14-12(9-21)10-22-15(14)8-13-2-6-17-11-20-13/h1-2,4-6,11-12,14-15H,3,7-10H2/t12-,14-,15-/m0/s1. The van der Waals surface area contributed by atoms with Gasteiger partial charge >= 0.3 is 0 Å². The van der Waals surface area contributed by atoms with Gasteiger partial charge in [-0.2, -0.15) is 0 Å². The fraction of sp³-hybridized carbons (Fsp3) is 0.500. The molecule has 0 aromatic carbocycles. The molecule has 0 aliphatic carbocycles. The van der Waals surface area contributed by atoms with Crippen molar-refractivity contribution in [3.05, 3.63) is 42.7 Å². The number of rotatable bonds is 3. The number of hydrogen-bond acceptors (Lipinski definition) is 6. The number of nitrogens with zero attached hydrogens (tertiary/aromatic N) is 5. The molecule has 0 N–H and O–H groups in total. The summed E-state index contributed by atoms with van der Waals surface area (Å²) in [7, 11) is 0. The Kier molecular flexibility index (Phi) is 3.68. The summed E-state index contributed by atoms with van der Waals surface area (Å²) in [5.41, 5.74) is 1.06. The summed E-state index contributed by atoms with van der Waals surface area (Å²) in [6.45, 7) is 2.80. The lowest BCUT2D eigenvalue weighted by atomic mass is 9.83. The Hall–Kier alpha value is -2.08. The van der Waals surface area contributed by atoms with Crippen molar-refractivity contribution in [2.75, 3.05) is 24.6 Å². The summed E-state index contributed by atoms with van der Waals surface area (Å²) in [6, 6.07) is 3.83. The molecule has 2 aliphatic heterocycles. The van der Waals surface area contributed by atoms with Gasteiger partial charge in [0.2, 0.25) is 5.95 Å². The molecule has 6 heteroatoms. The molecule has 22 heavy (non-hydrogen) atoms. The Labute approximate surface area is 129 Å². The highest BCUT2D eigenvalue weighted by atomic mass is 16.5. The smallest absolute Gasteiger partial charge is 0.225 e. The zero-order chi connectivity index (χ0) is 14.8. The molecule has 0 amide bonds. The second-order valence-electron chi connectivity index (χ2n) is 5.98. The maximum atomic E-state index is 6.06. The first-order valence-electron chi connectivity index (χ1n) is 7.78. The molecule has 0 unspecified atom stereocenters. The van der Waals surface area contributed by atoms with Gasteiger partial charge in [0, 0.05) is 49.7 Å². The number of fused-ring (bicyclic) bond motifs is 1. The summed E-state index contributed by atoms with van der Waals surface area (Å²) in [5.74, 6) is 2.00. The first-order valence-corrected chi connectivity index (χ1v) is 7.78. The number of aromatic nitrogens is 4. The summed E-state index contributed by atoms with van der Waals surface area (Å²) >= 11 is 0. The third kappa shape index (κ3) is 2.66. The van der Waals surface area contributed by atoms with Gasteiger partial charge in [-0.25, -0.2) is 19.9 Å². The van der Waals surface area contributed by atoms with Crippen LogP contribution < -0.4 is 4.90 Å². The molecule has 2 aliphatic rings. The second-order valence-corrected chi connectivity index (χ2v) is 5.98. The van der Waals surface area contributed by atoms with Crippen molar-refractivity contribution in [3.8, 4) is 0 Å². The summed E-state index contributed by atoms with van der Waals surface area (Å²) in [4.78, 5) is 19.3. The molecule has 0 spiro atoms. The van der Waals surface area contributed by atoms with Crippen LogP contribution in [0.2, 0.25) is 0 Å². The van der Waals surface area contributed by atoms with Crippen molar-refractivity contribution in [3.63, 3.8) is 0 Å². The Morgan fingerprint density at radius 1 is 1.18 bits per heavy atom. The van der Waals surface area contributed by atoms with Crippen LogP contribution in [-0.2, 0) is 11.2 Å². The molecule has 3 atom stereocenters. The zero-order valence-corrected chi connectivity index (χ0v) is 12.4. The lowest BCUT2D eigenvalue weighted by Gasteiger charge is -2.35. The quantitative estimate of drug-likeness (QED) is 0.852. The van der Waals surface area contributed by atoms with E-state index >= 15 is 0 Å². The van der Waals surface area contributed by atoms with Crippen molar-refractivity contribution in [1.82, 2.24) is 19.9 Å². The zero-order valence-electron chi connectivity index (χ0n) is 12.4. The molecule has 2 aromatic rings. The van der Waals surface area contributed by atoms with E-state index < -0.39 is 0 Å². The number of anilines is 1. The van der Waals surface area contributed by atoms with Crippen LogP contribution in [0.15, 0.2) is 37.1 Å². The Morgan fingerprint density at radius 2 is 2.09 bits per heavy atom. The van der Waals surface area contributed by atoms with E-state index in [0.29, 0.717) is 11.8 Å². The lowest BCUT2D eigenvalue weighted by molar-refractivity contribution is 0.0887. The minimum atomic E-state index is 0.277. The molecule has 0 radical (unpaired) electrons. The highest BCUT2D eigenvalue weighted by molar-refractivity contribution is 5.30. The van der Waals surface area contributed by atoms with Gasteiger partial charge in [-0.1, -0.05) is 0 Å². The average Bonchev–Trinajstić information content (AvgIpc) is 2.99. The molecule has 0 bridgehead atoms. The van der Waals surface area contributed by atoms with Gasteiger partial charge < -0.3 is 9.64 Å². The van der Waals surface area contributed by atoms with E-state index in [2.05, 4.69) is 24.8 Å². The number of ether oxygens (including phenoxy) is 1. The predicted molar refractivity (Wildman–Crippen MR) is 81.3 cm³/mol. The SMILES string of the molecule is c1cnc(N2CC[C@H]3[C@H](CO[C@H]3Cc3ccncn3)C2)nc1. The molecule has 114 valence electrons. The van der Waals surface area contributed by atoms with Gasteiger partial charge in [-0.3, -0.25) is 0 Å². The van der Waals surface area contributed by atoms with Gasteiger partial charge in [-0.15, -0.1) is 0 Å².